The maximum absolute atomic E-state index is 12.7. The molecule has 4 heterocycles. The van der Waals surface area contributed by atoms with Gasteiger partial charge in [-0.05, 0) is 35.9 Å². The van der Waals surface area contributed by atoms with E-state index in [2.05, 4.69) is 0 Å². The van der Waals surface area contributed by atoms with Gasteiger partial charge in [-0.3, -0.25) is 0 Å². The van der Waals surface area contributed by atoms with E-state index in [0.717, 1.165) is 30.3 Å². The summed E-state index contributed by atoms with van der Waals surface area (Å²) in [5, 5.41) is 136. The number of ether oxygens (including phenoxy) is 7. The molecular formula is C41H45ClO22. The highest BCUT2D eigenvalue weighted by atomic mass is 35.5. The molecule has 13 N–H and O–H groups in total. The SMILES string of the molecule is O=C(/C=C/c1ccc(O)cc1)OC[C@H]1O[C@@H](Oc2cc3c(O[C@@H]4O[C@H](CO)[C@@H](O)[C@H](O)[C@H]4O)cc(O)cc3[o+]c2-c2ccc(O)c(O)c2)[C@H](O[C@@H]2OC[C@@H](O)[C@H](O)[C@H]2O)[C@@H](O)[C@@H]1O.[Cl-]. The van der Waals surface area contributed by atoms with E-state index in [-0.39, 0.29) is 51.9 Å². The third kappa shape index (κ3) is 10.4. The normalized spacial score (nSPS) is 31.9. The predicted octanol–water partition coefficient (Wildman–Crippen LogP) is -4.71. The van der Waals surface area contributed by atoms with Crippen LogP contribution in [-0.2, 0) is 28.5 Å². The molecule has 22 nitrogen and oxygen atoms in total. The molecule has 3 fully saturated rings. The van der Waals surface area contributed by atoms with Crippen molar-refractivity contribution < 1.29 is 121 Å². The summed E-state index contributed by atoms with van der Waals surface area (Å²) in [5.41, 5.74) is 0.390. The van der Waals surface area contributed by atoms with Crippen molar-refractivity contribution in [3.63, 3.8) is 0 Å². The first-order chi connectivity index (χ1) is 30.0. The van der Waals surface area contributed by atoms with E-state index in [4.69, 9.17) is 37.6 Å². The van der Waals surface area contributed by atoms with Crippen LogP contribution in [0.25, 0.3) is 28.4 Å². The first-order valence-electron chi connectivity index (χ1n) is 19.3. The van der Waals surface area contributed by atoms with Crippen LogP contribution in [-0.4, -0.2) is 178 Å². The molecule has 3 aliphatic heterocycles. The van der Waals surface area contributed by atoms with Gasteiger partial charge in [0.1, 0.15) is 90.3 Å². The van der Waals surface area contributed by atoms with E-state index in [1.54, 1.807) is 0 Å². The number of phenolic OH excluding ortho intramolecular Hbond substituents is 4. The number of aromatic hydroxyl groups is 4. The highest BCUT2D eigenvalue weighted by Crippen LogP contribution is 2.43. The van der Waals surface area contributed by atoms with Crippen LogP contribution in [0, 0.1) is 0 Å². The number of aliphatic hydroxyl groups excluding tert-OH is 9. The number of carbonyl (C=O) groups is 1. The van der Waals surface area contributed by atoms with Crippen molar-refractivity contribution in [2.45, 2.75) is 86.0 Å². The Morgan fingerprint density at radius 2 is 1.36 bits per heavy atom. The van der Waals surface area contributed by atoms with Gasteiger partial charge in [-0.2, -0.15) is 0 Å². The number of hydrogen-bond donors (Lipinski definition) is 13. The maximum Gasteiger partial charge on any atom is 0.402 e. The lowest BCUT2D eigenvalue weighted by Gasteiger charge is -2.44. The Labute approximate surface area is 367 Å². The summed E-state index contributed by atoms with van der Waals surface area (Å²) in [6.45, 7) is -2.01. The lowest BCUT2D eigenvalue weighted by atomic mass is 9.98. The van der Waals surface area contributed by atoms with Crippen molar-refractivity contribution in [2.24, 2.45) is 0 Å². The van der Waals surface area contributed by atoms with Crippen molar-refractivity contribution in [1.82, 2.24) is 0 Å². The van der Waals surface area contributed by atoms with Gasteiger partial charge >= 0.3 is 17.3 Å². The summed E-state index contributed by atoms with van der Waals surface area (Å²) in [7, 11) is 0. The number of benzene rings is 3. The molecule has 7 rings (SSSR count). The summed E-state index contributed by atoms with van der Waals surface area (Å²) in [4.78, 5) is 12.7. The predicted molar refractivity (Wildman–Crippen MR) is 207 cm³/mol. The van der Waals surface area contributed by atoms with Crippen molar-refractivity contribution in [3.8, 4) is 45.8 Å². The third-order valence-electron chi connectivity index (χ3n) is 10.5. The fraction of sp³-hybridized carbons (Fsp3) is 0.415. The largest absolute Gasteiger partial charge is 1.00 e. The van der Waals surface area contributed by atoms with Crippen LogP contribution in [0.1, 0.15) is 5.56 Å². The highest BCUT2D eigenvalue weighted by Gasteiger charge is 2.51. The summed E-state index contributed by atoms with van der Waals surface area (Å²) in [5.74, 6) is -3.43. The Kier molecular flexibility index (Phi) is 15.4. The molecule has 0 amide bonds. The lowest BCUT2D eigenvalue weighted by molar-refractivity contribution is -0.345. The molecule has 0 spiro atoms. The van der Waals surface area contributed by atoms with Crippen LogP contribution in [0.3, 0.4) is 0 Å². The van der Waals surface area contributed by atoms with Crippen molar-refractivity contribution in [2.75, 3.05) is 19.8 Å². The zero-order chi connectivity index (χ0) is 45.3. The van der Waals surface area contributed by atoms with E-state index in [1.165, 1.54) is 42.5 Å². The standard InChI is InChI=1S/C41H44O22.ClH/c42-13-27-31(50)33(52)36(55)40(61-27)59-25-11-19(44)10-24-20(25)12-26(37(58-24)17-4-7-21(45)22(46)9-17)60-41-38(63-39-35(54)30(49)23(47)14-57-39)34(53)32(51)28(62-41)15-56-29(48)8-3-16-1-5-18(43)6-2-16;/h1-12,23,27-28,30-36,38-42,47,49-55H,13-15H2,(H3-,43,44,45,46,48);1H/t23-,27-,28-,30+,31-,32-,33+,34+,35-,36-,38-,39+,40-,41-;/m1./s1. The molecule has 3 aliphatic rings. The molecule has 0 saturated carbocycles. The molecule has 3 aromatic carbocycles. The lowest BCUT2D eigenvalue weighted by Crippen LogP contribution is -3.00. The molecule has 0 radical (unpaired) electrons. The molecule has 348 valence electrons. The van der Waals surface area contributed by atoms with Crippen LogP contribution < -0.4 is 21.9 Å². The van der Waals surface area contributed by atoms with Crippen LogP contribution in [0.4, 0.5) is 0 Å². The smallest absolute Gasteiger partial charge is 0.402 e. The number of fused-ring (bicyclic) bond motifs is 1. The topological polar surface area (TPSA) is 356 Å². The number of esters is 1. The van der Waals surface area contributed by atoms with Gasteiger partial charge in [-0.1, -0.05) is 12.1 Å². The fourth-order valence-electron chi connectivity index (χ4n) is 6.94. The van der Waals surface area contributed by atoms with E-state index >= 15 is 0 Å². The number of carbonyl (C=O) groups excluding carboxylic acids is 1. The first kappa shape index (κ1) is 48.3. The zero-order valence-corrected chi connectivity index (χ0v) is 33.8. The second kappa shape index (κ2) is 20.4. The average molecular weight is 925 g/mol. The van der Waals surface area contributed by atoms with Crippen LogP contribution >= 0.6 is 0 Å². The van der Waals surface area contributed by atoms with E-state index in [0.29, 0.717) is 5.56 Å². The van der Waals surface area contributed by atoms with Gasteiger partial charge in [0.25, 0.3) is 0 Å². The Bertz CT molecular complexity index is 2260. The zero-order valence-electron chi connectivity index (χ0n) is 33.0. The number of aliphatic hydroxyl groups is 9. The molecule has 1 aromatic heterocycles. The van der Waals surface area contributed by atoms with Gasteiger partial charge in [0.05, 0.1) is 24.8 Å². The molecule has 0 unspecified atom stereocenters. The van der Waals surface area contributed by atoms with Gasteiger partial charge < -0.3 is 112 Å². The number of phenols is 4. The molecule has 0 aliphatic carbocycles. The maximum atomic E-state index is 12.7. The van der Waals surface area contributed by atoms with Gasteiger partial charge in [0, 0.05) is 24.3 Å². The first-order valence-corrected chi connectivity index (χ1v) is 19.3. The Morgan fingerprint density at radius 3 is 2.06 bits per heavy atom. The quantitative estimate of drug-likeness (QED) is 0.0275. The van der Waals surface area contributed by atoms with E-state index in [1.807, 2.05) is 0 Å². The second-order valence-electron chi connectivity index (χ2n) is 14.9. The van der Waals surface area contributed by atoms with Crippen LogP contribution in [0.15, 0.2) is 71.2 Å². The molecule has 64 heavy (non-hydrogen) atoms. The van der Waals surface area contributed by atoms with Gasteiger partial charge in [-0.25, -0.2) is 9.21 Å². The fourth-order valence-corrected chi connectivity index (χ4v) is 6.94. The van der Waals surface area contributed by atoms with Crippen molar-refractivity contribution in [1.29, 1.82) is 0 Å². The van der Waals surface area contributed by atoms with Crippen LogP contribution in [0.5, 0.6) is 34.5 Å². The summed E-state index contributed by atoms with van der Waals surface area (Å²) in [6.07, 6.45) is -22.3. The van der Waals surface area contributed by atoms with Gasteiger partial charge in [0.15, 0.2) is 23.9 Å². The van der Waals surface area contributed by atoms with Crippen molar-refractivity contribution >= 4 is 23.0 Å². The molecule has 23 heteroatoms. The van der Waals surface area contributed by atoms with Gasteiger partial charge in [-0.15, -0.1) is 0 Å². The number of rotatable bonds is 12. The van der Waals surface area contributed by atoms with Gasteiger partial charge in [0.2, 0.25) is 18.3 Å². The molecule has 4 aromatic rings. The second-order valence-corrected chi connectivity index (χ2v) is 14.9. The monoisotopic (exact) mass is 924 g/mol. The van der Waals surface area contributed by atoms with Crippen molar-refractivity contribution in [3.05, 3.63) is 72.3 Å². The highest BCUT2D eigenvalue weighted by molar-refractivity contribution is 5.89. The summed E-state index contributed by atoms with van der Waals surface area (Å²) < 4.78 is 46.4. The van der Waals surface area contributed by atoms with E-state index in [9.17, 15) is 71.2 Å². The molecule has 0 bridgehead atoms. The minimum Gasteiger partial charge on any atom is -1.00 e. The summed E-state index contributed by atoms with van der Waals surface area (Å²) in [6, 6.07) is 12.7. The third-order valence-corrected chi connectivity index (χ3v) is 10.5. The minimum absolute atomic E-state index is 0. The molecule has 14 atom stereocenters. The Morgan fingerprint density at radius 1 is 0.688 bits per heavy atom. The Hall–Kier alpha value is -5.15. The Balaban J connectivity index is 0.00000680. The number of halogens is 1. The molecule has 3 saturated heterocycles. The molecular weight excluding hydrogens is 880 g/mol. The minimum atomic E-state index is -2.00. The average Bonchev–Trinajstić information content (AvgIpc) is 3.26. The van der Waals surface area contributed by atoms with Crippen LogP contribution in [0.2, 0.25) is 0 Å². The van der Waals surface area contributed by atoms with E-state index < -0.39 is 129 Å². The summed E-state index contributed by atoms with van der Waals surface area (Å²) >= 11 is 0. The number of hydrogen-bond acceptors (Lipinski definition) is 21.